The van der Waals surface area contributed by atoms with E-state index in [1.54, 1.807) is 0 Å². The van der Waals surface area contributed by atoms with Gasteiger partial charge in [-0.2, -0.15) is 0 Å². The van der Waals surface area contributed by atoms with Gasteiger partial charge in [0.1, 0.15) is 0 Å². The van der Waals surface area contributed by atoms with E-state index < -0.39 is 0 Å². The van der Waals surface area contributed by atoms with Crippen molar-refractivity contribution in [2.45, 2.75) is 71.6 Å². The summed E-state index contributed by atoms with van der Waals surface area (Å²) in [4.78, 5) is 0. The van der Waals surface area contributed by atoms with Gasteiger partial charge in [-0.1, -0.05) is 76.2 Å². The average molecular weight is 208 g/mol. The molecule has 0 heterocycles. The molecule has 0 nitrogen and oxygen atoms in total. The molecule has 0 saturated carbocycles. The summed E-state index contributed by atoms with van der Waals surface area (Å²) in [6.07, 6.45) is 16.5. The highest BCUT2D eigenvalue weighted by atomic mass is 14.0. The molecular weight excluding hydrogens is 180 g/mol. The molecule has 0 atom stereocenters. The first-order valence-corrected chi connectivity index (χ1v) is 6.61. The van der Waals surface area contributed by atoms with E-state index in [4.69, 9.17) is 0 Å². The first-order valence-electron chi connectivity index (χ1n) is 6.61. The highest BCUT2D eigenvalue weighted by Gasteiger charge is 1.92. The third kappa shape index (κ3) is 11.4. The van der Waals surface area contributed by atoms with Gasteiger partial charge in [-0.3, -0.25) is 0 Å². The monoisotopic (exact) mass is 208 g/mol. The van der Waals surface area contributed by atoms with Crippen molar-refractivity contribution in [3.63, 3.8) is 0 Å². The van der Waals surface area contributed by atoms with Crippen LogP contribution < -0.4 is 0 Å². The molecule has 0 aromatic rings. The maximum atomic E-state index is 4.02. The summed E-state index contributed by atoms with van der Waals surface area (Å²) >= 11 is 0. The summed E-state index contributed by atoms with van der Waals surface area (Å²) in [6.45, 7) is 8.34. The molecule has 0 aliphatic heterocycles. The van der Waals surface area contributed by atoms with Gasteiger partial charge in [-0.05, 0) is 19.8 Å². The van der Waals surface area contributed by atoms with Crippen LogP contribution in [0.25, 0.3) is 0 Å². The lowest BCUT2D eigenvalue weighted by molar-refractivity contribution is 0.576. The van der Waals surface area contributed by atoms with E-state index >= 15 is 0 Å². The highest BCUT2D eigenvalue weighted by Crippen LogP contribution is 2.12. The van der Waals surface area contributed by atoms with E-state index in [2.05, 4.69) is 32.6 Å². The van der Waals surface area contributed by atoms with Crippen LogP contribution in [0.1, 0.15) is 71.6 Å². The summed E-state index contributed by atoms with van der Waals surface area (Å²) in [5.74, 6) is 0. The van der Waals surface area contributed by atoms with Crippen LogP contribution in [0.3, 0.4) is 0 Å². The Morgan fingerprint density at radius 2 is 1.47 bits per heavy atom. The molecule has 0 aliphatic carbocycles. The van der Waals surface area contributed by atoms with Crippen LogP contribution in [0.5, 0.6) is 0 Å². The van der Waals surface area contributed by atoms with E-state index in [0.717, 1.165) is 0 Å². The van der Waals surface area contributed by atoms with Crippen LogP contribution in [0.2, 0.25) is 0 Å². The minimum atomic E-state index is 1.18. The van der Waals surface area contributed by atoms with Crippen LogP contribution in [-0.2, 0) is 0 Å². The van der Waals surface area contributed by atoms with Crippen molar-refractivity contribution < 1.29 is 0 Å². The molecule has 0 spiro atoms. The van der Waals surface area contributed by atoms with E-state index in [-0.39, 0.29) is 0 Å². The van der Waals surface area contributed by atoms with Gasteiger partial charge in [-0.15, -0.1) is 0 Å². The Morgan fingerprint density at radius 3 is 2.00 bits per heavy atom. The molecule has 0 heteroatoms. The Kier molecular flexibility index (Phi) is 11.2. The predicted octanol–water partition coefficient (Wildman–Crippen LogP) is 5.65. The number of hydrogen-bond donors (Lipinski definition) is 0. The molecule has 0 bridgehead atoms. The van der Waals surface area contributed by atoms with Gasteiger partial charge >= 0.3 is 0 Å². The largest absolute Gasteiger partial charge is 0.0958 e. The third-order valence-electron chi connectivity index (χ3n) is 2.75. The van der Waals surface area contributed by atoms with Crippen LogP contribution in [0, 0.1) is 0 Å². The lowest BCUT2D eigenvalue weighted by Gasteiger charge is -2.01. The second-order valence-corrected chi connectivity index (χ2v) is 4.38. The number of unbranched alkanes of at least 4 members (excludes halogenated alkanes) is 7. The van der Waals surface area contributed by atoms with E-state index in [0.29, 0.717) is 0 Å². The van der Waals surface area contributed by atoms with Crippen molar-refractivity contribution in [2.75, 3.05) is 0 Å². The molecular formula is C15H28. The first kappa shape index (κ1) is 14.5. The molecule has 0 unspecified atom stereocenters. The van der Waals surface area contributed by atoms with Gasteiger partial charge in [-0.25, -0.2) is 0 Å². The molecule has 0 N–H and O–H groups in total. The highest BCUT2D eigenvalue weighted by molar-refractivity contribution is 5.12. The fraction of sp³-hybridized carbons (Fsp3) is 0.733. The molecule has 0 aromatic heterocycles. The van der Waals surface area contributed by atoms with Crippen molar-refractivity contribution >= 4 is 0 Å². The molecule has 0 aliphatic rings. The molecule has 0 fully saturated rings. The molecule has 88 valence electrons. The van der Waals surface area contributed by atoms with Crippen LogP contribution in [0.15, 0.2) is 24.3 Å². The Balaban J connectivity index is 3.08. The van der Waals surface area contributed by atoms with Crippen molar-refractivity contribution in [3.05, 3.63) is 24.3 Å². The number of hydrogen-bond acceptors (Lipinski definition) is 0. The normalized spacial score (nSPS) is 11.1. The molecule has 0 amide bonds. The van der Waals surface area contributed by atoms with Crippen molar-refractivity contribution in [3.8, 4) is 0 Å². The van der Waals surface area contributed by atoms with Gasteiger partial charge in [0.2, 0.25) is 0 Å². The third-order valence-corrected chi connectivity index (χ3v) is 2.75. The fourth-order valence-electron chi connectivity index (χ4n) is 1.80. The van der Waals surface area contributed by atoms with Crippen molar-refractivity contribution in [2.24, 2.45) is 0 Å². The topological polar surface area (TPSA) is 0 Å². The smallest absolute Gasteiger partial charge is 0.0285 e. The SMILES string of the molecule is C=C(/C=C/C)CCCCCCCCCC. The molecule has 15 heavy (non-hydrogen) atoms. The minimum absolute atomic E-state index is 1.18. The Bertz CT molecular complexity index is 165. The van der Waals surface area contributed by atoms with E-state index in [1.165, 1.54) is 63.4 Å². The number of allylic oxidation sites excluding steroid dienone is 3. The van der Waals surface area contributed by atoms with Gasteiger partial charge in [0, 0.05) is 0 Å². The minimum Gasteiger partial charge on any atom is -0.0958 e. The number of rotatable bonds is 10. The lowest BCUT2D eigenvalue weighted by atomic mass is 10.0. The average Bonchev–Trinajstić information content (AvgIpc) is 2.22. The molecule has 0 rings (SSSR count). The molecule has 0 saturated heterocycles. The fourth-order valence-corrected chi connectivity index (χ4v) is 1.80. The quantitative estimate of drug-likeness (QED) is 0.321. The van der Waals surface area contributed by atoms with E-state index in [9.17, 15) is 0 Å². The second-order valence-electron chi connectivity index (χ2n) is 4.38. The van der Waals surface area contributed by atoms with Gasteiger partial charge < -0.3 is 0 Å². The summed E-state index contributed by atoms with van der Waals surface area (Å²) in [7, 11) is 0. The zero-order valence-electron chi connectivity index (χ0n) is 10.7. The van der Waals surface area contributed by atoms with Crippen LogP contribution in [0.4, 0.5) is 0 Å². The second kappa shape index (κ2) is 11.6. The van der Waals surface area contributed by atoms with Crippen LogP contribution in [-0.4, -0.2) is 0 Å². The zero-order valence-corrected chi connectivity index (χ0v) is 10.7. The van der Waals surface area contributed by atoms with Gasteiger partial charge in [0.15, 0.2) is 0 Å². The maximum absolute atomic E-state index is 4.02. The standard InChI is InChI=1S/C15H28/c1-4-6-7-8-9-10-11-12-14-15(3)13-5-2/h5,13H,3-4,6-12,14H2,1-2H3/b13-5+. The lowest BCUT2D eigenvalue weighted by Crippen LogP contribution is -1.82. The summed E-state index contributed by atoms with van der Waals surface area (Å²) in [5.41, 5.74) is 1.28. The first-order chi connectivity index (χ1) is 7.31. The summed E-state index contributed by atoms with van der Waals surface area (Å²) < 4.78 is 0. The van der Waals surface area contributed by atoms with Gasteiger partial charge in [0.25, 0.3) is 0 Å². The molecule has 0 radical (unpaired) electrons. The van der Waals surface area contributed by atoms with Gasteiger partial charge in [0.05, 0.1) is 0 Å². The maximum Gasteiger partial charge on any atom is -0.0285 e. The Labute approximate surface area is 96.5 Å². The van der Waals surface area contributed by atoms with Crippen molar-refractivity contribution in [1.82, 2.24) is 0 Å². The molecule has 0 aromatic carbocycles. The van der Waals surface area contributed by atoms with E-state index in [1.807, 2.05) is 0 Å². The Morgan fingerprint density at radius 1 is 0.933 bits per heavy atom. The summed E-state index contributed by atoms with van der Waals surface area (Å²) in [5, 5.41) is 0. The van der Waals surface area contributed by atoms with Crippen molar-refractivity contribution in [1.29, 1.82) is 0 Å². The predicted molar refractivity (Wildman–Crippen MR) is 71.2 cm³/mol. The Hall–Kier alpha value is -0.520. The van der Waals surface area contributed by atoms with Crippen LogP contribution >= 0.6 is 0 Å². The zero-order chi connectivity index (χ0) is 11.4. The summed E-state index contributed by atoms with van der Waals surface area (Å²) in [6, 6.07) is 0.